The van der Waals surface area contributed by atoms with Crippen molar-refractivity contribution >= 4 is 40.1 Å². The molecule has 1 saturated heterocycles. The van der Waals surface area contributed by atoms with Crippen molar-refractivity contribution in [2.75, 3.05) is 29.4 Å². The minimum absolute atomic E-state index is 0.0158. The highest BCUT2D eigenvalue weighted by molar-refractivity contribution is 6.04. The van der Waals surface area contributed by atoms with Gasteiger partial charge in [0.2, 0.25) is 11.7 Å². The van der Waals surface area contributed by atoms with Gasteiger partial charge in [-0.15, -0.1) is 0 Å². The van der Waals surface area contributed by atoms with Crippen molar-refractivity contribution in [2.45, 2.75) is 39.2 Å². The van der Waals surface area contributed by atoms with Crippen LogP contribution in [0.5, 0.6) is 0 Å². The van der Waals surface area contributed by atoms with E-state index >= 15 is 0 Å². The molecule has 0 radical (unpaired) electrons. The zero-order valence-corrected chi connectivity index (χ0v) is 19.4. The molecule has 3 heterocycles. The van der Waals surface area contributed by atoms with E-state index in [1.165, 1.54) is 6.92 Å². The highest BCUT2D eigenvalue weighted by Gasteiger charge is 2.28. The second-order valence-electron chi connectivity index (χ2n) is 8.92. The Morgan fingerprint density at radius 2 is 1.76 bits per heavy atom. The van der Waals surface area contributed by atoms with Crippen LogP contribution in [0.25, 0.3) is 10.9 Å². The van der Waals surface area contributed by atoms with Crippen LogP contribution in [-0.4, -0.2) is 48.4 Å². The Bertz CT molecular complexity index is 1300. The Labute approximate surface area is 198 Å². The molecule has 3 aromatic rings. The first-order valence-corrected chi connectivity index (χ1v) is 11.7. The molecule has 1 amide bonds. The molecule has 2 aliphatic heterocycles. The van der Waals surface area contributed by atoms with Crippen LogP contribution in [0, 0.1) is 0 Å². The van der Waals surface area contributed by atoms with E-state index in [1.807, 2.05) is 24.3 Å². The number of para-hydroxylation sites is 1. The van der Waals surface area contributed by atoms with Crippen molar-refractivity contribution in [1.82, 2.24) is 4.98 Å². The molecule has 1 fully saturated rings. The fourth-order valence-corrected chi connectivity index (χ4v) is 4.82. The number of esters is 1. The third kappa shape index (κ3) is 4.02. The van der Waals surface area contributed by atoms with Crippen LogP contribution < -0.4 is 9.80 Å². The lowest BCUT2D eigenvalue weighted by atomic mass is 10.0. The summed E-state index contributed by atoms with van der Waals surface area (Å²) in [5.74, 6) is -0.223. The van der Waals surface area contributed by atoms with E-state index in [4.69, 9.17) is 9.72 Å². The molecule has 0 spiro atoms. The number of benzene rings is 2. The molecule has 34 heavy (non-hydrogen) atoms. The van der Waals surface area contributed by atoms with Gasteiger partial charge in [0.15, 0.2) is 6.10 Å². The Kier molecular flexibility index (Phi) is 5.77. The van der Waals surface area contributed by atoms with E-state index in [0.29, 0.717) is 29.9 Å². The number of Topliss-reactive ketones (excluding diaryl/α,β-unsaturated/α-hetero) is 1. The number of amides is 1. The number of hydrogen-bond donors (Lipinski definition) is 0. The standard InChI is InChI=1S/C27H27N3O4/c1-17(25(32)21-9-10-24-20(15-21)11-14-30(24)18(2)31)34-27(33)22-16-19-7-3-4-8-23(19)28-26(22)29-12-5-6-13-29/h3-4,7-10,15-17H,5-6,11-14H2,1-2H3. The molecule has 7 nitrogen and oxygen atoms in total. The molecule has 1 aromatic heterocycles. The van der Waals surface area contributed by atoms with Crippen molar-refractivity contribution in [2.24, 2.45) is 0 Å². The van der Waals surface area contributed by atoms with Gasteiger partial charge in [0.25, 0.3) is 0 Å². The Balaban J connectivity index is 1.38. The van der Waals surface area contributed by atoms with Crippen LogP contribution in [0.2, 0.25) is 0 Å². The first-order chi connectivity index (χ1) is 16.4. The van der Waals surface area contributed by atoms with Crippen LogP contribution in [-0.2, 0) is 16.0 Å². The maximum atomic E-state index is 13.2. The smallest absolute Gasteiger partial charge is 0.342 e. The summed E-state index contributed by atoms with van der Waals surface area (Å²) in [4.78, 5) is 46.7. The van der Waals surface area contributed by atoms with Gasteiger partial charge in [0, 0.05) is 43.2 Å². The van der Waals surface area contributed by atoms with E-state index in [0.717, 1.165) is 48.1 Å². The van der Waals surface area contributed by atoms with Gasteiger partial charge in [0.05, 0.1) is 5.52 Å². The quantitative estimate of drug-likeness (QED) is 0.423. The maximum absolute atomic E-state index is 13.2. The maximum Gasteiger partial charge on any atom is 0.342 e. The molecule has 7 heteroatoms. The highest BCUT2D eigenvalue weighted by Crippen LogP contribution is 2.30. The topological polar surface area (TPSA) is 79.8 Å². The first kappa shape index (κ1) is 22.1. The Morgan fingerprint density at radius 3 is 2.53 bits per heavy atom. The normalized spacial score (nSPS) is 15.9. The minimum Gasteiger partial charge on any atom is -0.451 e. The number of aromatic nitrogens is 1. The molecule has 1 unspecified atom stereocenters. The summed E-state index contributed by atoms with van der Waals surface area (Å²) in [6.45, 7) is 5.42. The van der Waals surface area contributed by atoms with E-state index in [9.17, 15) is 14.4 Å². The predicted molar refractivity (Wildman–Crippen MR) is 131 cm³/mol. The van der Waals surface area contributed by atoms with Crippen molar-refractivity contribution < 1.29 is 19.1 Å². The number of ketones is 1. The van der Waals surface area contributed by atoms with Gasteiger partial charge >= 0.3 is 5.97 Å². The van der Waals surface area contributed by atoms with Gasteiger partial charge in [0.1, 0.15) is 11.4 Å². The van der Waals surface area contributed by atoms with Gasteiger partial charge in [-0.1, -0.05) is 18.2 Å². The number of carbonyl (C=O) groups excluding carboxylic acids is 3. The second-order valence-corrected chi connectivity index (χ2v) is 8.92. The molecule has 1 atom stereocenters. The highest BCUT2D eigenvalue weighted by atomic mass is 16.5. The minimum atomic E-state index is -0.950. The molecular formula is C27H27N3O4. The molecular weight excluding hydrogens is 430 g/mol. The van der Waals surface area contributed by atoms with E-state index < -0.39 is 12.1 Å². The van der Waals surface area contributed by atoms with Gasteiger partial charge in [-0.25, -0.2) is 9.78 Å². The summed E-state index contributed by atoms with van der Waals surface area (Å²) in [6, 6.07) is 14.8. The number of fused-ring (bicyclic) bond motifs is 2. The number of ether oxygens (including phenoxy) is 1. The predicted octanol–water partition coefficient (Wildman–Crippen LogP) is 4.17. The molecule has 2 aliphatic rings. The Hall–Kier alpha value is -3.74. The average Bonchev–Trinajstić information content (AvgIpc) is 3.52. The van der Waals surface area contributed by atoms with Gasteiger partial charge < -0.3 is 14.5 Å². The van der Waals surface area contributed by atoms with Crippen molar-refractivity contribution in [1.29, 1.82) is 0 Å². The van der Waals surface area contributed by atoms with E-state index in [1.54, 1.807) is 36.1 Å². The molecule has 0 saturated carbocycles. The Morgan fingerprint density at radius 1 is 1.00 bits per heavy atom. The monoisotopic (exact) mass is 457 g/mol. The summed E-state index contributed by atoms with van der Waals surface area (Å²) in [5, 5.41) is 0.852. The lowest BCUT2D eigenvalue weighted by molar-refractivity contribution is -0.116. The number of rotatable bonds is 5. The fraction of sp³-hybridized carbons (Fsp3) is 0.333. The van der Waals surface area contributed by atoms with Crippen LogP contribution in [0.4, 0.5) is 11.5 Å². The molecule has 174 valence electrons. The number of nitrogens with zero attached hydrogens (tertiary/aromatic N) is 3. The molecule has 0 aliphatic carbocycles. The first-order valence-electron chi connectivity index (χ1n) is 11.7. The van der Waals surface area contributed by atoms with E-state index in [2.05, 4.69) is 4.90 Å². The SMILES string of the molecule is CC(=O)N1CCc2cc(C(=O)C(C)OC(=O)c3cc4ccccc4nc3N3CCCC3)ccc21. The number of carbonyl (C=O) groups is 3. The molecule has 2 aromatic carbocycles. The average molecular weight is 458 g/mol. The van der Waals surface area contributed by atoms with Crippen LogP contribution >= 0.6 is 0 Å². The van der Waals surface area contributed by atoms with Crippen molar-refractivity contribution in [3.8, 4) is 0 Å². The third-order valence-corrected chi connectivity index (χ3v) is 6.62. The third-order valence-electron chi connectivity index (χ3n) is 6.62. The van der Waals surface area contributed by atoms with Gasteiger partial charge in [-0.3, -0.25) is 9.59 Å². The summed E-state index contributed by atoms with van der Waals surface area (Å²) in [5.41, 5.74) is 3.47. The molecule has 0 bridgehead atoms. The summed E-state index contributed by atoms with van der Waals surface area (Å²) in [6.07, 6.45) is 1.86. The summed E-state index contributed by atoms with van der Waals surface area (Å²) in [7, 11) is 0. The fourth-order valence-electron chi connectivity index (χ4n) is 4.82. The second kappa shape index (κ2) is 8.89. The van der Waals surface area contributed by atoms with Crippen LogP contribution in [0.15, 0.2) is 48.5 Å². The van der Waals surface area contributed by atoms with Crippen molar-refractivity contribution in [3.63, 3.8) is 0 Å². The van der Waals surface area contributed by atoms with Crippen molar-refractivity contribution in [3.05, 3.63) is 65.2 Å². The number of pyridine rings is 1. The van der Waals surface area contributed by atoms with Crippen LogP contribution in [0.1, 0.15) is 53.0 Å². The van der Waals surface area contributed by atoms with E-state index in [-0.39, 0.29) is 11.7 Å². The number of hydrogen-bond acceptors (Lipinski definition) is 6. The number of anilines is 2. The molecule has 5 rings (SSSR count). The van der Waals surface area contributed by atoms with Gasteiger partial charge in [-0.05, 0) is 62.1 Å². The van der Waals surface area contributed by atoms with Crippen LogP contribution in [0.3, 0.4) is 0 Å². The lowest BCUT2D eigenvalue weighted by Gasteiger charge is -2.21. The lowest BCUT2D eigenvalue weighted by Crippen LogP contribution is -2.27. The largest absolute Gasteiger partial charge is 0.451 e. The zero-order chi connectivity index (χ0) is 23.8. The zero-order valence-electron chi connectivity index (χ0n) is 19.4. The van der Waals surface area contributed by atoms with Gasteiger partial charge in [-0.2, -0.15) is 0 Å². The summed E-state index contributed by atoms with van der Waals surface area (Å²) >= 11 is 0. The summed E-state index contributed by atoms with van der Waals surface area (Å²) < 4.78 is 5.66. The molecule has 0 N–H and O–H groups in total.